The largest absolute Gasteiger partial charge is 0.382 e. The van der Waals surface area contributed by atoms with E-state index in [4.69, 9.17) is 5.73 Å². The molecule has 2 heterocycles. The first kappa shape index (κ1) is 12.6. The van der Waals surface area contributed by atoms with Crippen LogP contribution in [0.15, 0.2) is 36.2 Å². The molecule has 2 aromatic heterocycles. The summed E-state index contributed by atoms with van der Waals surface area (Å²) in [5, 5.41) is 4.34. The van der Waals surface area contributed by atoms with Crippen LogP contribution in [-0.2, 0) is 0 Å². The fourth-order valence-electron chi connectivity index (χ4n) is 1.57. The summed E-state index contributed by atoms with van der Waals surface area (Å²) >= 11 is 1.39. The van der Waals surface area contributed by atoms with Gasteiger partial charge in [-0.1, -0.05) is 11.6 Å². The summed E-state index contributed by atoms with van der Waals surface area (Å²) in [4.78, 5) is 4.01. The summed E-state index contributed by atoms with van der Waals surface area (Å²) in [5.74, 6) is 0.561. The van der Waals surface area contributed by atoms with Gasteiger partial charge < -0.3 is 11.1 Å². The lowest BCUT2D eigenvalue weighted by atomic mass is 10.1. The van der Waals surface area contributed by atoms with Crippen molar-refractivity contribution < 1.29 is 0 Å². The number of nitrogen functional groups attached to an aromatic ring is 1. The normalized spacial score (nSPS) is 10.1. The number of pyridine rings is 1. The zero-order chi connectivity index (χ0) is 13.0. The van der Waals surface area contributed by atoms with Gasteiger partial charge in [0.1, 0.15) is 10.8 Å². The van der Waals surface area contributed by atoms with Crippen LogP contribution in [0.3, 0.4) is 0 Å². The molecule has 0 aliphatic heterocycles. The highest BCUT2D eigenvalue weighted by atomic mass is 32.1. The molecule has 3 N–H and O–H groups in total. The zero-order valence-electron chi connectivity index (χ0n) is 10.5. The maximum Gasteiger partial charge on any atom is 0.147 e. The van der Waals surface area contributed by atoms with Crippen molar-refractivity contribution in [2.75, 3.05) is 17.6 Å². The highest BCUT2D eigenvalue weighted by molar-refractivity contribution is 7.11. The molecule has 0 unspecified atom stereocenters. The van der Waals surface area contributed by atoms with E-state index in [0.29, 0.717) is 5.82 Å². The molecule has 4 nitrogen and oxygen atoms in total. The molecule has 94 valence electrons. The first-order valence-electron chi connectivity index (χ1n) is 5.71. The van der Waals surface area contributed by atoms with Gasteiger partial charge in [0.05, 0.1) is 5.56 Å². The van der Waals surface area contributed by atoms with Gasteiger partial charge >= 0.3 is 0 Å². The fraction of sp³-hybridized carbons (Fsp3) is 0.231. The second kappa shape index (κ2) is 5.64. The molecule has 2 rings (SSSR count). The average Bonchev–Trinajstić information content (AvgIpc) is 2.71. The van der Waals surface area contributed by atoms with Crippen molar-refractivity contribution in [2.24, 2.45) is 0 Å². The minimum atomic E-state index is 0.561. The first-order chi connectivity index (χ1) is 8.68. The van der Waals surface area contributed by atoms with Crippen molar-refractivity contribution in [3.63, 3.8) is 0 Å². The van der Waals surface area contributed by atoms with E-state index in [1.165, 1.54) is 17.1 Å². The predicted octanol–water partition coefficient (Wildman–Crippen LogP) is 3.17. The Labute approximate surface area is 111 Å². The molecule has 0 bridgehead atoms. The summed E-state index contributed by atoms with van der Waals surface area (Å²) in [7, 11) is 0. The minimum Gasteiger partial charge on any atom is -0.382 e. The quantitative estimate of drug-likeness (QED) is 0.829. The van der Waals surface area contributed by atoms with Crippen molar-refractivity contribution in [1.29, 1.82) is 0 Å². The van der Waals surface area contributed by atoms with Crippen LogP contribution in [0.2, 0.25) is 0 Å². The van der Waals surface area contributed by atoms with Crippen LogP contribution in [0, 0.1) is 0 Å². The van der Waals surface area contributed by atoms with Crippen molar-refractivity contribution >= 4 is 22.4 Å². The van der Waals surface area contributed by atoms with Crippen LogP contribution in [0.5, 0.6) is 0 Å². The smallest absolute Gasteiger partial charge is 0.147 e. The average molecular weight is 260 g/mol. The Morgan fingerprint density at radius 2 is 2.11 bits per heavy atom. The van der Waals surface area contributed by atoms with Gasteiger partial charge in [-0.15, -0.1) is 0 Å². The van der Waals surface area contributed by atoms with E-state index in [9.17, 15) is 0 Å². The summed E-state index contributed by atoms with van der Waals surface area (Å²) in [6, 6.07) is 3.87. The van der Waals surface area contributed by atoms with E-state index in [2.05, 4.69) is 34.6 Å². The van der Waals surface area contributed by atoms with Gasteiger partial charge in [0.15, 0.2) is 0 Å². The molecule has 0 aromatic carbocycles. The van der Waals surface area contributed by atoms with Crippen molar-refractivity contribution in [2.45, 2.75) is 13.8 Å². The highest BCUT2D eigenvalue weighted by Crippen LogP contribution is 2.36. The number of hydrogen-bond donors (Lipinski definition) is 2. The third-order valence-corrected chi connectivity index (χ3v) is 3.28. The standard InChI is InChI=1S/C13H16N4S/c1-9(2)3-8-16-13-11(12(14)17-18-13)10-4-6-15-7-5-10/h3-7,16H,8H2,1-2H3,(H2,14,17). The highest BCUT2D eigenvalue weighted by Gasteiger charge is 2.12. The van der Waals surface area contributed by atoms with Gasteiger partial charge in [-0.3, -0.25) is 4.98 Å². The summed E-state index contributed by atoms with van der Waals surface area (Å²) in [6.45, 7) is 4.93. The van der Waals surface area contributed by atoms with Gasteiger partial charge in [-0.2, -0.15) is 4.37 Å². The predicted molar refractivity (Wildman–Crippen MR) is 77.7 cm³/mol. The summed E-state index contributed by atoms with van der Waals surface area (Å²) in [5.41, 5.74) is 9.21. The SMILES string of the molecule is CC(C)=CCNc1snc(N)c1-c1ccncc1. The Hall–Kier alpha value is -1.88. The van der Waals surface area contributed by atoms with E-state index in [1.54, 1.807) is 12.4 Å². The Bertz CT molecular complexity index is 541. The van der Waals surface area contributed by atoms with Gasteiger partial charge in [0.2, 0.25) is 0 Å². The van der Waals surface area contributed by atoms with Gasteiger partial charge in [0, 0.05) is 18.9 Å². The molecule has 0 aliphatic rings. The molecule has 0 fully saturated rings. The second-order valence-corrected chi connectivity index (χ2v) is 4.94. The topological polar surface area (TPSA) is 63.8 Å². The number of rotatable bonds is 4. The lowest BCUT2D eigenvalue weighted by Crippen LogP contribution is -1.99. The first-order valence-corrected chi connectivity index (χ1v) is 6.48. The van der Waals surface area contributed by atoms with Crippen molar-refractivity contribution in [3.8, 4) is 11.1 Å². The third kappa shape index (κ3) is 2.87. The molecule has 0 amide bonds. The molecular weight excluding hydrogens is 244 g/mol. The minimum absolute atomic E-state index is 0.561. The number of nitrogens with one attached hydrogen (secondary N) is 1. The number of aromatic nitrogens is 2. The van der Waals surface area contributed by atoms with Crippen LogP contribution < -0.4 is 11.1 Å². The molecule has 0 aliphatic carbocycles. The molecule has 5 heteroatoms. The Morgan fingerprint density at radius 3 is 2.78 bits per heavy atom. The monoisotopic (exact) mass is 260 g/mol. The molecule has 0 radical (unpaired) electrons. The maximum atomic E-state index is 5.93. The van der Waals surface area contributed by atoms with Crippen molar-refractivity contribution in [1.82, 2.24) is 9.36 Å². The van der Waals surface area contributed by atoms with Crippen molar-refractivity contribution in [3.05, 3.63) is 36.2 Å². The molecule has 0 spiro atoms. The van der Waals surface area contributed by atoms with Crippen LogP contribution >= 0.6 is 11.5 Å². The molecular formula is C13H16N4S. The van der Waals surface area contributed by atoms with Gasteiger partial charge in [0.25, 0.3) is 0 Å². The fourth-order valence-corrected chi connectivity index (χ4v) is 2.31. The Kier molecular flexibility index (Phi) is 3.94. The van der Waals surface area contributed by atoms with Crippen LogP contribution in [0.4, 0.5) is 10.8 Å². The number of hydrogen-bond acceptors (Lipinski definition) is 5. The van der Waals surface area contributed by atoms with Crippen LogP contribution in [0.1, 0.15) is 13.8 Å². The number of allylic oxidation sites excluding steroid dienone is 1. The number of nitrogens with zero attached hydrogens (tertiary/aromatic N) is 2. The maximum absolute atomic E-state index is 5.93. The lowest BCUT2D eigenvalue weighted by molar-refractivity contribution is 1.27. The summed E-state index contributed by atoms with van der Waals surface area (Å²) in [6.07, 6.45) is 5.64. The van der Waals surface area contributed by atoms with E-state index in [-0.39, 0.29) is 0 Å². The van der Waals surface area contributed by atoms with Gasteiger partial charge in [-0.25, -0.2) is 0 Å². The van der Waals surface area contributed by atoms with E-state index < -0.39 is 0 Å². The van der Waals surface area contributed by atoms with Crippen LogP contribution in [0.25, 0.3) is 11.1 Å². The molecule has 2 aromatic rings. The lowest BCUT2D eigenvalue weighted by Gasteiger charge is -2.05. The Morgan fingerprint density at radius 1 is 1.39 bits per heavy atom. The molecule has 0 saturated carbocycles. The Balaban J connectivity index is 2.25. The van der Waals surface area contributed by atoms with Crippen LogP contribution in [-0.4, -0.2) is 15.9 Å². The molecule has 0 atom stereocenters. The van der Waals surface area contributed by atoms with E-state index >= 15 is 0 Å². The number of nitrogens with two attached hydrogens (primary N) is 1. The van der Waals surface area contributed by atoms with Gasteiger partial charge in [-0.05, 0) is 43.1 Å². The van der Waals surface area contributed by atoms with E-state index in [0.717, 1.165) is 22.7 Å². The zero-order valence-corrected chi connectivity index (χ0v) is 11.3. The van der Waals surface area contributed by atoms with E-state index in [1.807, 2.05) is 12.1 Å². The summed E-state index contributed by atoms with van der Waals surface area (Å²) < 4.78 is 4.21. The third-order valence-electron chi connectivity index (χ3n) is 2.46. The molecule has 18 heavy (non-hydrogen) atoms. The number of anilines is 2. The second-order valence-electron chi connectivity index (χ2n) is 4.17. The molecule has 0 saturated heterocycles.